The van der Waals surface area contributed by atoms with E-state index in [1.807, 2.05) is 97.1 Å². The molecule has 0 spiro atoms. The maximum absolute atomic E-state index is 12.0. The highest BCUT2D eigenvalue weighted by Crippen LogP contribution is 2.62. The Bertz CT molecular complexity index is 3570. The first-order valence-corrected chi connectivity index (χ1v) is 18.7. The molecular weight excluding hydrogens is 745 g/mol. The van der Waals surface area contributed by atoms with Gasteiger partial charge in [-0.1, -0.05) is 103 Å². The molecule has 0 atom stereocenters. The third-order valence-electron chi connectivity index (χ3n) is 11.7. The molecule has 0 aliphatic heterocycles. The molecule has 0 saturated heterocycles. The van der Waals surface area contributed by atoms with Crippen LogP contribution >= 0.6 is 0 Å². The van der Waals surface area contributed by atoms with Crippen molar-refractivity contribution in [3.8, 4) is 79.4 Å². The van der Waals surface area contributed by atoms with Gasteiger partial charge >= 0.3 is 0 Å². The van der Waals surface area contributed by atoms with Gasteiger partial charge in [-0.05, 0) is 84.9 Å². The number of hydrogen-bond acceptors (Lipinski definition) is 9. The van der Waals surface area contributed by atoms with Crippen molar-refractivity contribution in [1.82, 2.24) is 0 Å². The Labute approximate surface area is 333 Å². The summed E-state index contributed by atoms with van der Waals surface area (Å²) in [6.45, 7) is 0. The van der Waals surface area contributed by atoms with E-state index in [1.54, 1.807) is 30.3 Å². The molecule has 8 N–H and O–H groups in total. The fraction of sp³-hybridized carbons (Fsp3) is 0. The molecule has 10 aromatic carbocycles. The zero-order valence-electron chi connectivity index (χ0n) is 30.7. The second-order valence-electron chi connectivity index (χ2n) is 14.8. The molecule has 1 aromatic heterocycles. The van der Waals surface area contributed by atoms with E-state index < -0.39 is 46.0 Å². The maximum atomic E-state index is 12.0. The Morgan fingerprint density at radius 1 is 0.288 bits per heavy atom. The topological polar surface area (TPSA) is 175 Å². The van der Waals surface area contributed by atoms with E-state index in [2.05, 4.69) is 6.07 Å². The normalized spacial score (nSPS) is 11.9. The number of phenolic OH excluding ortho intramolecular Hbond substituents is 8. The van der Waals surface area contributed by atoms with Crippen LogP contribution in [0, 0.1) is 0 Å². The predicted octanol–water partition coefficient (Wildman–Crippen LogP) is 12.0. The summed E-state index contributed by atoms with van der Waals surface area (Å²) in [5.41, 5.74) is 3.57. The lowest BCUT2D eigenvalue weighted by Crippen LogP contribution is -1.96. The predicted molar refractivity (Wildman–Crippen MR) is 231 cm³/mol. The van der Waals surface area contributed by atoms with Gasteiger partial charge in [0.1, 0.15) is 11.2 Å². The summed E-state index contributed by atoms with van der Waals surface area (Å²) >= 11 is 0. The third kappa shape index (κ3) is 4.61. The molecule has 1 heterocycles. The number of benzene rings is 10. The summed E-state index contributed by atoms with van der Waals surface area (Å²) in [4.78, 5) is 0. The molecule has 0 aliphatic rings. The van der Waals surface area contributed by atoms with Crippen LogP contribution < -0.4 is 0 Å². The third-order valence-corrected chi connectivity index (χ3v) is 11.7. The molecule has 0 bridgehead atoms. The van der Waals surface area contributed by atoms with Gasteiger partial charge in [0.25, 0.3) is 0 Å². The Hall–Kier alpha value is -8.30. The van der Waals surface area contributed by atoms with Gasteiger partial charge in [-0.15, -0.1) is 0 Å². The summed E-state index contributed by atoms with van der Waals surface area (Å²) in [5.74, 6) is -7.47. The number of rotatable bonds is 3. The Kier molecular flexibility index (Phi) is 6.97. The summed E-state index contributed by atoms with van der Waals surface area (Å²) < 4.78 is 6.28. The smallest absolute Gasteiger partial charge is 0.204 e. The van der Waals surface area contributed by atoms with Crippen molar-refractivity contribution in [2.45, 2.75) is 0 Å². The van der Waals surface area contributed by atoms with Crippen LogP contribution in [0.5, 0.6) is 46.0 Å². The number of hydrogen-bond donors (Lipinski definition) is 8. The SMILES string of the molecule is Oc1c(O)c(O)c2c(-c3cc(-c4ccc5oc6ccc7ccccc7c6c5c4)cc4ccccc34)c3c(O)c(O)c(O)c(O)c3c(-c3cccc4ccccc34)c2c1O. The van der Waals surface area contributed by atoms with Crippen LogP contribution in [0.2, 0.25) is 0 Å². The maximum Gasteiger partial charge on any atom is 0.204 e. The van der Waals surface area contributed by atoms with E-state index in [0.717, 1.165) is 43.5 Å². The molecule has 9 heteroatoms. The minimum atomic E-state index is -1.03. The van der Waals surface area contributed by atoms with Gasteiger partial charge in [-0.25, -0.2) is 0 Å². The lowest BCUT2D eigenvalue weighted by molar-refractivity contribution is 0.350. The van der Waals surface area contributed by atoms with Gasteiger partial charge in [0.05, 0.1) is 0 Å². The molecule has 0 fully saturated rings. The Balaban J connectivity index is 1.33. The van der Waals surface area contributed by atoms with Crippen LogP contribution in [0.1, 0.15) is 0 Å². The van der Waals surface area contributed by atoms with E-state index in [-0.39, 0.29) is 32.7 Å². The van der Waals surface area contributed by atoms with Crippen LogP contribution in [0.4, 0.5) is 0 Å². The van der Waals surface area contributed by atoms with Crippen LogP contribution in [0.25, 0.3) is 109 Å². The highest BCUT2D eigenvalue weighted by molar-refractivity contribution is 6.31. The monoisotopic (exact) mass is 774 g/mol. The summed E-state index contributed by atoms with van der Waals surface area (Å²) in [6, 6.07) is 41.6. The minimum absolute atomic E-state index is 0.00766. The van der Waals surface area contributed by atoms with Crippen molar-refractivity contribution in [3.05, 3.63) is 133 Å². The van der Waals surface area contributed by atoms with Gasteiger partial charge in [-0.2, -0.15) is 0 Å². The number of aromatic hydroxyl groups is 8. The van der Waals surface area contributed by atoms with E-state index in [4.69, 9.17) is 4.42 Å². The fourth-order valence-electron chi connectivity index (χ4n) is 9.01. The van der Waals surface area contributed by atoms with Crippen molar-refractivity contribution in [2.24, 2.45) is 0 Å². The number of fused-ring (bicyclic) bond motifs is 9. The highest BCUT2D eigenvalue weighted by Gasteiger charge is 2.33. The van der Waals surface area contributed by atoms with Gasteiger partial charge < -0.3 is 45.3 Å². The van der Waals surface area contributed by atoms with E-state index in [1.165, 1.54) is 0 Å². The van der Waals surface area contributed by atoms with E-state index in [9.17, 15) is 40.9 Å². The van der Waals surface area contributed by atoms with Crippen molar-refractivity contribution in [2.75, 3.05) is 0 Å². The second-order valence-corrected chi connectivity index (χ2v) is 14.8. The summed E-state index contributed by atoms with van der Waals surface area (Å²) in [6.07, 6.45) is 0. The summed E-state index contributed by atoms with van der Waals surface area (Å²) in [7, 11) is 0. The van der Waals surface area contributed by atoms with Gasteiger partial charge in [-0.3, -0.25) is 0 Å². The molecule has 0 unspecified atom stereocenters. The van der Waals surface area contributed by atoms with E-state index in [0.29, 0.717) is 33.0 Å². The van der Waals surface area contributed by atoms with Gasteiger partial charge in [0.15, 0.2) is 23.0 Å². The zero-order chi connectivity index (χ0) is 40.4. The molecule has 0 amide bonds. The Morgan fingerprint density at radius 3 is 1.37 bits per heavy atom. The quantitative estimate of drug-likeness (QED) is 0.0493. The molecule has 11 aromatic rings. The number of furan rings is 1. The van der Waals surface area contributed by atoms with Crippen LogP contribution in [-0.2, 0) is 0 Å². The average molecular weight is 775 g/mol. The molecule has 284 valence electrons. The molecule has 59 heavy (non-hydrogen) atoms. The van der Waals surface area contributed by atoms with Gasteiger partial charge in [0.2, 0.25) is 23.0 Å². The lowest BCUT2D eigenvalue weighted by atomic mass is 9.81. The highest BCUT2D eigenvalue weighted by atomic mass is 16.4. The summed E-state index contributed by atoms with van der Waals surface area (Å²) in [5, 5.41) is 98.2. The van der Waals surface area contributed by atoms with Crippen molar-refractivity contribution >= 4 is 75.8 Å². The first-order chi connectivity index (χ1) is 28.6. The molecular formula is C50H30O9. The minimum Gasteiger partial charge on any atom is -0.504 e. The first-order valence-electron chi connectivity index (χ1n) is 18.7. The molecule has 0 saturated carbocycles. The van der Waals surface area contributed by atoms with Crippen LogP contribution in [0.15, 0.2) is 138 Å². The van der Waals surface area contributed by atoms with Crippen LogP contribution in [0.3, 0.4) is 0 Å². The van der Waals surface area contributed by atoms with Crippen molar-refractivity contribution in [3.63, 3.8) is 0 Å². The fourth-order valence-corrected chi connectivity index (χ4v) is 9.01. The molecule has 0 aliphatic carbocycles. The zero-order valence-corrected chi connectivity index (χ0v) is 30.7. The lowest BCUT2D eigenvalue weighted by Gasteiger charge is -2.24. The molecule has 11 rings (SSSR count). The van der Waals surface area contributed by atoms with E-state index >= 15 is 0 Å². The molecule has 9 nitrogen and oxygen atoms in total. The second kappa shape index (κ2) is 12.1. The first kappa shape index (κ1) is 34.0. The van der Waals surface area contributed by atoms with Crippen LogP contribution in [-0.4, -0.2) is 40.9 Å². The Morgan fingerprint density at radius 2 is 0.763 bits per heavy atom. The number of phenols is 8. The van der Waals surface area contributed by atoms with Gasteiger partial charge in [0, 0.05) is 43.4 Å². The van der Waals surface area contributed by atoms with Crippen molar-refractivity contribution < 1.29 is 45.3 Å². The average Bonchev–Trinajstić information content (AvgIpc) is 3.66. The standard InChI is InChI=1S/C50H30O9/c51-43-39-37(31-15-7-11-23-8-1-4-12-28(23)31)40-42(46(54)50(58)48(56)44(40)52)38(41(39)45(53)49(57)47(43)55)32-22-27(20-26-10-3-5-13-29(26)32)25-17-18-34-33(21-25)36-30-14-6-2-9-24(30)16-19-35(36)59-34/h1-22,51-58H. The largest absolute Gasteiger partial charge is 0.504 e. The molecule has 0 radical (unpaired) electrons. The van der Waals surface area contributed by atoms with Crippen molar-refractivity contribution in [1.29, 1.82) is 0 Å².